The molecular weight excluding hydrogens is 242 g/mol. The van der Waals surface area contributed by atoms with Crippen LogP contribution in [0.2, 0.25) is 0 Å². The van der Waals surface area contributed by atoms with Crippen LogP contribution in [-0.4, -0.2) is 0 Å². The van der Waals surface area contributed by atoms with Gasteiger partial charge in [-0.3, -0.25) is 0 Å². The van der Waals surface area contributed by atoms with E-state index in [0.717, 1.165) is 25.7 Å². The second-order valence-corrected chi connectivity index (χ2v) is 5.38. The predicted octanol–water partition coefficient (Wildman–Crippen LogP) is 4.64. The van der Waals surface area contributed by atoms with Gasteiger partial charge in [-0.05, 0) is 35.1 Å². The fraction of sp³-hybridized carbons (Fsp3) is 0.368. The summed E-state index contributed by atoms with van der Waals surface area (Å²) in [5, 5.41) is 0. The Morgan fingerprint density at radius 1 is 0.750 bits per heavy atom. The maximum absolute atomic E-state index is 6.58. The summed E-state index contributed by atoms with van der Waals surface area (Å²) in [6.45, 7) is 4.43. The minimum absolute atomic E-state index is 0.0134. The number of nitrogens with two attached hydrogens (primary N) is 1. The van der Waals surface area contributed by atoms with Crippen LogP contribution >= 0.6 is 0 Å². The summed E-state index contributed by atoms with van der Waals surface area (Å²) in [5.74, 6) is 0. The smallest absolute Gasteiger partial charge is 0.0557 e. The van der Waals surface area contributed by atoms with Crippen molar-refractivity contribution >= 4 is 0 Å². The molecule has 0 aliphatic heterocycles. The molecule has 0 saturated carbocycles. The monoisotopic (exact) mass is 267 g/mol. The molecule has 0 bridgehead atoms. The van der Waals surface area contributed by atoms with Crippen molar-refractivity contribution in [2.24, 2.45) is 5.73 Å². The third-order valence-corrected chi connectivity index (χ3v) is 3.82. The van der Waals surface area contributed by atoms with Crippen LogP contribution in [0, 0.1) is 0 Å². The first kappa shape index (κ1) is 14.8. The lowest BCUT2D eigenvalue weighted by molar-refractivity contribution is 0.800. The minimum atomic E-state index is -0.0134. The quantitative estimate of drug-likeness (QED) is 0.810. The molecule has 2 aromatic rings. The maximum Gasteiger partial charge on any atom is 0.0557 e. The maximum atomic E-state index is 6.58. The predicted molar refractivity (Wildman–Crippen MR) is 86.9 cm³/mol. The lowest BCUT2D eigenvalue weighted by Gasteiger charge is -2.19. The lowest BCUT2D eigenvalue weighted by Crippen LogP contribution is -2.16. The zero-order chi connectivity index (χ0) is 14.4. The molecule has 2 N–H and O–H groups in total. The summed E-state index contributed by atoms with van der Waals surface area (Å²) < 4.78 is 0. The van der Waals surface area contributed by atoms with E-state index in [1.807, 2.05) is 0 Å². The molecule has 0 fully saturated rings. The van der Waals surface area contributed by atoms with Gasteiger partial charge in [-0.15, -0.1) is 0 Å². The van der Waals surface area contributed by atoms with Gasteiger partial charge in [0, 0.05) is 0 Å². The number of benzene rings is 2. The average molecular weight is 267 g/mol. The molecule has 0 spiro atoms. The zero-order valence-corrected chi connectivity index (χ0v) is 12.6. The molecule has 0 saturated heterocycles. The highest BCUT2D eigenvalue weighted by atomic mass is 14.6. The molecule has 0 atom stereocenters. The molecular formula is C19H25N. The van der Waals surface area contributed by atoms with Crippen molar-refractivity contribution in [3.63, 3.8) is 0 Å². The first-order chi connectivity index (χ1) is 9.77. The van der Waals surface area contributed by atoms with Crippen molar-refractivity contribution in [3.05, 3.63) is 70.8 Å². The zero-order valence-electron chi connectivity index (χ0n) is 12.6. The Morgan fingerprint density at radius 2 is 1.15 bits per heavy atom. The molecule has 1 nitrogen and oxygen atoms in total. The van der Waals surface area contributed by atoms with Crippen molar-refractivity contribution in [1.82, 2.24) is 0 Å². The standard InChI is InChI=1S/C19H25N/c1-3-9-15-11-5-7-13-17(15)19(20)18-14-8-6-12-16(18)10-4-2/h5-8,11-14,19H,3-4,9-10,20H2,1-2H3. The highest BCUT2D eigenvalue weighted by Gasteiger charge is 2.15. The molecule has 0 unspecified atom stereocenters. The Labute approximate surface area is 122 Å². The molecule has 0 amide bonds. The molecule has 0 aliphatic carbocycles. The summed E-state index contributed by atoms with van der Waals surface area (Å²) >= 11 is 0. The van der Waals surface area contributed by atoms with Crippen molar-refractivity contribution in [2.45, 2.75) is 45.6 Å². The van der Waals surface area contributed by atoms with Crippen LogP contribution in [0.15, 0.2) is 48.5 Å². The third kappa shape index (κ3) is 3.29. The normalized spacial score (nSPS) is 11.0. The van der Waals surface area contributed by atoms with E-state index >= 15 is 0 Å². The summed E-state index contributed by atoms with van der Waals surface area (Å²) in [6, 6.07) is 17.2. The first-order valence-electron chi connectivity index (χ1n) is 7.69. The summed E-state index contributed by atoms with van der Waals surface area (Å²) in [4.78, 5) is 0. The Hall–Kier alpha value is -1.60. The SMILES string of the molecule is CCCc1ccccc1C(N)c1ccccc1CCC. The molecule has 2 rings (SSSR count). The lowest BCUT2D eigenvalue weighted by atomic mass is 9.89. The average Bonchev–Trinajstić information content (AvgIpc) is 2.48. The van der Waals surface area contributed by atoms with Crippen LogP contribution < -0.4 is 5.73 Å². The Kier molecular flexibility index (Phi) is 5.37. The van der Waals surface area contributed by atoms with E-state index in [1.165, 1.54) is 22.3 Å². The van der Waals surface area contributed by atoms with Crippen LogP contribution in [0.1, 0.15) is 55.0 Å². The van der Waals surface area contributed by atoms with Crippen molar-refractivity contribution in [2.75, 3.05) is 0 Å². The van der Waals surface area contributed by atoms with E-state index in [4.69, 9.17) is 5.73 Å². The van der Waals surface area contributed by atoms with Crippen molar-refractivity contribution < 1.29 is 0 Å². The van der Waals surface area contributed by atoms with E-state index < -0.39 is 0 Å². The molecule has 0 aliphatic rings. The van der Waals surface area contributed by atoms with Gasteiger partial charge in [-0.2, -0.15) is 0 Å². The number of hydrogen-bond donors (Lipinski definition) is 1. The van der Waals surface area contributed by atoms with Gasteiger partial charge in [0.1, 0.15) is 0 Å². The summed E-state index contributed by atoms with van der Waals surface area (Å²) in [5.41, 5.74) is 11.9. The largest absolute Gasteiger partial charge is 0.320 e. The second kappa shape index (κ2) is 7.25. The molecule has 2 aromatic carbocycles. The molecule has 106 valence electrons. The van der Waals surface area contributed by atoms with E-state index in [9.17, 15) is 0 Å². The van der Waals surface area contributed by atoms with Gasteiger partial charge in [0.2, 0.25) is 0 Å². The van der Waals surface area contributed by atoms with E-state index in [1.54, 1.807) is 0 Å². The Morgan fingerprint density at radius 3 is 1.55 bits per heavy atom. The molecule has 20 heavy (non-hydrogen) atoms. The summed E-state index contributed by atoms with van der Waals surface area (Å²) in [6.07, 6.45) is 4.50. The number of hydrogen-bond acceptors (Lipinski definition) is 1. The van der Waals surface area contributed by atoms with Crippen LogP contribution in [0.25, 0.3) is 0 Å². The van der Waals surface area contributed by atoms with Gasteiger partial charge in [0.15, 0.2) is 0 Å². The Balaban J connectivity index is 2.38. The molecule has 1 heteroatoms. The molecule has 0 radical (unpaired) electrons. The fourth-order valence-electron chi connectivity index (χ4n) is 2.84. The van der Waals surface area contributed by atoms with Crippen LogP contribution in [0.3, 0.4) is 0 Å². The van der Waals surface area contributed by atoms with E-state index in [-0.39, 0.29) is 6.04 Å². The van der Waals surface area contributed by atoms with Gasteiger partial charge in [0.25, 0.3) is 0 Å². The third-order valence-electron chi connectivity index (χ3n) is 3.82. The van der Waals surface area contributed by atoms with Gasteiger partial charge >= 0.3 is 0 Å². The van der Waals surface area contributed by atoms with Gasteiger partial charge in [0.05, 0.1) is 6.04 Å². The first-order valence-corrected chi connectivity index (χ1v) is 7.69. The van der Waals surface area contributed by atoms with Gasteiger partial charge in [-0.25, -0.2) is 0 Å². The molecule has 0 aromatic heterocycles. The highest BCUT2D eigenvalue weighted by molar-refractivity contribution is 5.40. The highest BCUT2D eigenvalue weighted by Crippen LogP contribution is 2.27. The minimum Gasteiger partial charge on any atom is -0.320 e. The fourth-order valence-corrected chi connectivity index (χ4v) is 2.84. The van der Waals surface area contributed by atoms with Crippen molar-refractivity contribution in [3.8, 4) is 0 Å². The van der Waals surface area contributed by atoms with E-state index in [2.05, 4.69) is 62.4 Å². The molecule has 0 heterocycles. The van der Waals surface area contributed by atoms with Crippen molar-refractivity contribution in [1.29, 1.82) is 0 Å². The Bertz CT molecular complexity index is 495. The van der Waals surface area contributed by atoms with Crippen LogP contribution in [0.5, 0.6) is 0 Å². The number of aryl methyl sites for hydroxylation is 2. The topological polar surface area (TPSA) is 26.0 Å². The van der Waals surface area contributed by atoms with Gasteiger partial charge in [-0.1, -0.05) is 75.2 Å². The van der Waals surface area contributed by atoms with E-state index in [0.29, 0.717) is 0 Å². The second-order valence-electron chi connectivity index (χ2n) is 5.38. The van der Waals surface area contributed by atoms with Gasteiger partial charge < -0.3 is 5.73 Å². The van der Waals surface area contributed by atoms with Crippen LogP contribution in [-0.2, 0) is 12.8 Å². The number of rotatable bonds is 6. The van der Waals surface area contributed by atoms with Crippen LogP contribution in [0.4, 0.5) is 0 Å². The summed E-state index contributed by atoms with van der Waals surface area (Å²) in [7, 11) is 0.